The fourth-order valence-corrected chi connectivity index (χ4v) is 4.12. The van der Waals surface area contributed by atoms with E-state index in [1.165, 1.54) is 10.6 Å². The zero-order valence-corrected chi connectivity index (χ0v) is 20.8. The van der Waals surface area contributed by atoms with Gasteiger partial charge in [0.25, 0.3) is 0 Å². The predicted octanol–water partition coefficient (Wildman–Crippen LogP) is 1.61. The number of benzene rings is 2. The van der Waals surface area contributed by atoms with Gasteiger partial charge in [0.15, 0.2) is 5.82 Å². The molecule has 36 heavy (non-hydrogen) atoms. The number of halogens is 4. The maximum Gasteiger partial charge on any atom is 0.404 e. The van der Waals surface area contributed by atoms with Crippen LogP contribution in [0.25, 0.3) is 10.9 Å². The molecule has 0 aliphatic carbocycles. The molecule has 0 saturated carbocycles. The Balaban J connectivity index is 1.95. The third kappa shape index (κ3) is 4.64. The average Bonchev–Trinajstić information content (AvgIpc) is 2.98. The standard InChI is InChI=1S/C24H24B3F4N3O2/c1-22(2,23(29,30)31)10-9-14-5-3-7-17-15(14)13-36-12-11-33(17)20-19-16(28)6-4-8-18(19)34(21(35)32-20)24(25,26)27/h3-8H,11-13,25-27H2,1-2H3. The molecule has 0 atom stereocenters. The van der Waals surface area contributed by atoms with Crippen molar-refractivity contribution in [2.24, 2.45) is 5.41 Å². The van der Waals surface area contributed by atoms with E-state index >= 15 is 4.39 Å². The molecule has 1 aliphatic rings. The van der Waals surface area contributed by atoms with E-state index in [2.05, 4.69) is 16.8 Å². The lowest BCUT2D eigenvalue weighted by molar-refractivity contribution is -0.190. The Bertz CT molecular complexity index is 1450. The summed E-state index contributed by atoms with van der Waals surface area (Å²) in [5.74, 6) is 4.59. The number of aromatic nitrogens is 2. The minimum absolute atomic E-state index is 0.0998. The van der Waals surface area contributed by atoms with Gasteiger partial charge in [-0.2, -0.15) is 18.2 Å². The van der Waals surface area contributed by atoms with Crippen LogP contribution in [0.15, 0.2) is 41.2 Å². The number of hydrogen-bond acceptors (Lipinski definition) is 4. The molecule has 0 fully saturated rings. The Labute approximate surface area is 209 Å². The Morgan fingerprint density at radius 3 is 2.44 bits per heavy atom. The third-order valence-corrected chi connectivity index (χ3v) is 6.14. The van der Waals surface area contributed by atoms with Crippen LogP contribution in [-0.4, -0.2) is 52.4 Å². The number of fused-ring (bicyclic) bond motifs is 2. The maximum atomic E-state index is 15.3. The van der Waals surface area contributed by atoms with Crippen LogP contribution in [0.2, 0.25) is 0 Å². The third-order valence-electron chi connectivity index (χ3n) is 6.14. The first kappa shape index (κ1) is 25.9. The van der Waals surface area contributed by atoms with Gasteiger partial charge >= 0.3 is 11.9 Å². The number of hydrogen-bond donors (Lipinski definition) is 0. The fraction of sp³-hybridized carbons (Fsp3) is 0.333. The minimum Gasteiger partial charge on any atom is -0.375 e. The lowest BCUT2D eigenvalue weighted by Gasteiger charge is -2.29. The predicted molar refractivity (Wildman–Crippen MR) is 139 cm³/mol. The van der Waals surface area contributed by atoms with Gasteiger partial charge in [-0.25, -0.2) is 9.18 Å². The van der Waals surface area contributed by atoms with Crippen molar-refractivity contribution in [1.29, 1.82) is 0 Å². The normalized spacial score (nSPS) is 14.7. The molecule has 184 valence electrons. The Kier molecular flexibility index (Phi) is 6.50. The van der Waals surface area contributed by atoms with Gasteiger partial charge in [0.05, 0.1) is 24.1 Å². The summed E-state index contributed by atoms with van der Waals surface area (Å²) < 4.78 is 62.5. The molecule has 1 aromatic heterocycles. The second kappa shape index (κ2) is 9.04. The highest BCUT2D eigenvalue weighted by Gasteiger charge is 2.46. The molecule has 0 radical (unpaired) electrons. The van der Waals surface area contributed by atoms with Crippen molar-refractivity contribution in [3.8, 4) is 11.8 Å². The number of alkyl halides is 3. The molecule has 0 bridgehead atoms. The monoisotopic (exact) mass is 495 g/mol. The van der Waals surface area contributed by atoms with Gasteiger partial charge in [0.1, 0.15) is 34.8 Å². The van der Waals surface area contributed by atoms with Crippen LogP contribution < -0.4 is 10.6 Å². The second-order valence-corrected chi connectivity index (χ2v) is 10.2. The molecule has 0 saturated heterocycles. The lowest BCUT2D eigenvalue weighted by Crippen LogP contribution is -2.44. The van der Waals surface area contributed by atoms with Crippen molar-refractivity contribution in [3.05, 3.63) is 63.8 Å². The molecule has 12 heteroatoms. The summed E-state index contributed by atoms with van der Waals surface area (Å²) in [6.45, 7) is 2.63. The van der Waals surface area contributed by atoms with Gasteiger partial charge in [0, 0.05) is 23.4 Å². The lowest BCUT2D eigenvalue weighted by atomic mass is 9.49. The molecule has 2 aromatic carbocycles. The summed E-state index contributed by atoms with van der Waals surface area (Å²) in [5.41, 5.74) is -0.887. The topological polar surface area (TPSA) is 47.4 Å². The smallest absolute Gasteiger partial charge is 0.375 e. The average molecular weight is 495 g/mol. The van der Waals surface area contributed by atoms with Crippen LogP contribution in [-0.2, 0) is 16.6 Å². The van der Waals surface area contributed by atoms with E-state index < -0.39 is 28.3 Å². The van der Waals surface area contributed by atoms with Crippen LogP contribution in [0.5, 0.6) is 0 Å². The van der Waals surface area contributed by atoms with Crippen molar-refractivity contribution >= 4 is 45.9 Å². The maximum absolute atomic E-state index is 15.3. The molecule has 1 aliphatic heterocycles. The molecule has 0 amide bonds. The first-order chi connectivity index (χ1) is 16.7. The molecule has 2 heterocycles. The zero-order valence-electron chi connectivity index (χ0n) is 20.8. The molecule has 5 nitrogen and oxygen atoms in total. The zero-order chi connectivity index (χ0) is 26.5. The van der Waals surface area contributed by atoms with Crippen molar-refractivity contribution in [2.75, 3.05) is 18.1 Å². The summed E-state index contributed by atoms with van der Waals surface area (Å²) >= 11 is 0. The van der Waals surface area contributed by atoms with Gasteiger partial charge in [-0.3, -0.25) is 0 Å². The summed E-state index contributed by atoms with van der Waals surface area (Å²) in [4.78, 5) is 19.1. The molecule has 0 spiro atoms. The molecule has 0 unspecified atom stereocenters. The Hall–Kier alpha value is -3.19. The second-order valence-electron chi connectivity index (χ2n) is 10.2. The Morgan fingerprint density at radius 2 is 1.78 bits per heavy atom. The summed E-state index contributed by atoms with van der Waals surface area (Å²) in [6, 6.07) is 9.55. The number of rotatable bonds is 2. The van der Waals surface area contributed by atoms with Gasteiger partial charge in [-0.15, -0.1) is 0 Å². The SMILES string of the molecule is BC(B)(B)n1c(=O)nc(N2CCOCc3c(C#CC(C)(C)C(F)(F)F)cccc32)c2c(F)cccc21. The molecule has 0 N–H and O–H groups in total. The summed E-state index contributed by atoms with van der Waals surface area (Å²) in [5, 5.41) is -0.475. The number of anilines is 2. The van der Waals surface area contributed by atoms with Gasteiger partial charge in [0.2, 0.25) is 0 Å². The molecule has 3 aromatic rings. The molecular weight excluding hydrogens is 471 g/mol. The quantitative estimate of drug-likeness (QED) is 0.309. The highest BCUT2D eigenvalue weighted by atomic mass is 19.4. The highest BCUT2D eigenvalue weighted by molar-refractivity contribution is 6.56. The van der Waals surface area contributed by atoms with Gasteiger partial charge in [-0.05, 0) is 43.3 Å². The van der Waals surface area contributed by atoms with E-state index in [1.807, 2.05) is 23.5 Å². The van der Waals surface area contributed by atoms with Crippen molar-refractivity contribution in [2.45, 2.75) is 31.9 Å². The van der Waals surface area contributed by atoms with E-state index in [0.717, 1.165) is 13.8 Å². The highest BCUT2D eigenvalue weighted by Crippen LogP contribution is 2.38. The van der Waals surface area contributed by atoms with E-state index in [1.54, 1.807) is 35.2 Å². The van der Waals surface area contributed by atoms with Crippen molar-refractivity contribution in [1.82, 2.24) is 9.55 Å². The van der Waals surface area contributed by atoms with Crippen LogP contribution in [0.4, 0.5) is 29.1 Å². The van der Waals surface area contributed by atoms with Crippen molar-refractivity contribution in [3.63, 3.8) is 0 Å². The van der Waals surface area contributed by atoms with Gasteiger partial charge < -0.3 is 14.2 Å². The fourth-order valence-electron chi connectivity index (χ4n) is 4.12. The first-order valence-electron chi connectivity index (χ1n) is 11.5. The van der Waals surface area contributed by atoms with Crippen molar-refractivity contribution < 1.29 is 22.3 Å². The van der Waals surface area contributed by atoms with Crippen LogP contribution in [0.1, 0.15) is 25.0 Å². The van der Waals surface area contributed by atoms with Crippen LogP contribution >= 0.6 is 0 Å². The number of ether oxygens (including phenoxy) is 1. The van der Waals surface area contributed by atoms with E-state index in [0.29, 0.717) is 22.3 Å². The molecular formula is C24H24B3F4N3O2. The number of nitrogens with zero attached hydrogens (tertiary/aromatic N) is 3. The van der Waals surface area contributed by atoms with Crippen LogP contribution in [0.3, 0.4) is 0 Å². The first-order valence-corrected chi connectivity index (χ1v) is 11.5. The van der Waals surface area contributed by atoms with E-state index in [-0.39, 0.29) is 31.0 Å². The van der Waals surface area contributed by atoms with Gasteiger partial charge in [-0.1, -0.05) is 24.0 Å². The largest absolute Gasteiger partial charge is 0.404 e. The Morgan fingerprint density at radius 1 is 1.08 bits per heavy atom. The summed E-state index contributed by atoms with van der Waals surface area (Å²) in [7, 11) is 5.51. The van der Waals surface area contributed by atoms with E-state index in [4.69, 9.17) is 4.74 Å². The summed E-state index contributed by atoms with van der Waals surface area (Å²) in [6.07, 6.45) is -4.49. The minimum atomic E-state index is -4.49. The molecule has 4 rings (SSSR count). The van der Waals surface area contributed by atoms with Crippen LogP contribution in [0, 0.1) is 23.1 Å². The van der Waals surface area contributed by atoms with E-state index in [9.17, 15) is 18.0 Å².